The molecule has 3 rings (SSSR count). The van der Waals surface area contributed by atoms with Crippen molar-refractivity contribution in [2.45, 2.75) is 0 Å². The van der Waals surface area contributed by atoms with Crippen molar-refractivity contribution in [3.05, 3.63) is 45.8 Å². The SMILES string of the molecule is OC1=CC=c2cc3c(cc21)=C(O)C=C3. The molecule has 0 spiro atoms. The highest BCUT2D eigenvalue weighted by Crippen LogP contribution is 2.13. The van der Waals surface area contributed by atoms with E-state index < -0.39 is 0 Å². The Morgan fingerprint density at radius 1 is 0.929 bits per heavy atom. The van der Waals surface area contributed by atoms with Crippen LogP contribution in [0.25, 0.3) is 23.7 Å². The Balaban J connectivity index is 2.45. The molecule has 0 atom stereocenters. The largest absolute Gasteiger partial charge is 0.507 e. The van der Waals surface area contributed by atoms with Crippen LogP contribution in [0.15, 0.2) is 24.3 Å². The minimum atomic E-state index is 0.266. The van der Waals surface area contributed by atoms with Crippen molar-refractivity contribution in [3.8, 4) is 0 Å². The molecule has 0 radical (unpaired) electrons. The van der Waals surface area contributed by atoms with Crippen LogP contribution in [0.3, 0.4) is 0 Å². The van der Waals surface area contributed by atoms with Crippen molar-refractivity contribution in [2.24, 2.45) is 0 Å². The highest BCUT2D eigenvalue weighted by atomic mass is 16.3. The smallest absolute Gasteiger partial charge is 0.123 e. The lowest BCUT2D eigenvalue weighted by molar-refractivity contribution is 0.511. The summed E-state index contributed by atoms with van der Waals surface area (Å²) < 4.78 is 0. The number of fused-ring (bicyclic) bond motifs is 2. The van der Waals surface area contributed by atoms with Gasteiger partial charge in [0.1, 0.15) is 11.5 Å². The van der Waals surface area contributed by atoms with E-state index >= 15 is 0 Å². The molecule has 0 bridgehead atoms. The number of aliphatic hydroxyl groups excluding tert-OH is 2. The lowest BCUT2D eigenvalue weighted by Gasteiger charge is -1.98. The van der Waals surface area contributed by atoms with Crippen LogP contribution in [-0.4, -0.2) is 10.2 Å². The number of hydrogen-bond donors (Lipinski definition) is 2. The molecule has 1 aromatic rings. The number of benzene rings is 1. The van der Waals surface area contributed by atoms with Gasteiger partial charge in [0.15, 0.2) is 0 Å². The summed E-state index contributed by atoms with van der Waals surface area (Å²) in [6.07, 6.45) is 7.07. The van der Waals surface area contributed by atoms with E-state index in [2.05, 4.69) is 0 Å². The van der Waals surface area contributed by atoms with Gasteiger partial charge in [-0.25, -0.2) is 0 Å². The molecule has 0 amide bonds. The van der Waals surface area contributed by atoms with Crippen LogP contribution >= 0.6 is 0 Å². The monoisotopic (exact) mass is 184 g/mol. The van der Waals surface area contributed by atoms with Crippen LogP contribution in [0.5, 0.6) is 0 Å². The van der Waals surface area contributed by atoms with Gasteiger partial charge < -0.3 is 10.2 Å². The third-order valence-corrected chi connectivity index (χ3v) is 2.62. The summed E-state index contributed by atoms with van der Waals surface area (Å²) in [5, 5.41) is 20.8. The molecule has 0 saturated carbocycles. The normalized spacial score (nSPS) is 16.3. The maximum atomic E-state index is 9.52. The van der Waals surface area contributed by atoms with Gasteiger partial charge in [0.05, 0.1) is 0 Å². The third-order valence-electron chi connectivity index (χ3n) is 2.62. The standard InChI is InChI=1S/C12H8O2/c13-11-3-1-7-5-8-2-4-12(14)10(8)6-9(7)11/h1-6,13-14H. The first-order valence-electron chi connectivity index (χ1n) is 4.42. The Kier molecular flexibility index (Phi) is 1.22. The van der Waals surface area contributed by atoms with Crippen LogP contribution < -0.4 is 10.4 Å². The summed E-state index contributed by atoms with van der Waals surface area (Å²) >= 11 is 0. The van der Waals surface area contributed by atoms with E-state index in [-0.39, 0.29) is 11.5 Å². The second-order valence-corrected chi connectivity index (χ2v) is 3.46. The Morgan fingerprint density at radius 3 is 2.64 bits per heavy atom. The Morgan fingerprint density at radius 2 is 1.79 bits per heavy atom. The number of hydrogen-bond acceptors (Lipinski definition) is 2. The van der Waals surface area contributed by atoms with Gasteiger partial charge in [0, 0.05) is 10.8 Å². The van der Waals surface area contributed by atoms with Crippen LogP contribution in [0.4, 0.5) is 0 Å². The third kappa shape index (κ3) is 0.799. The number of allylic oxidation sites excluding steroid dienone is 1. The van der Waals surface area contributed by atoms with Crippen molar-refractivity contribution in [1.82, 2.24) is 0 Å². The minimum absolute atomic E-state index is 0.266. The quantitative estimate of drug-likeness (QED) is 0.633. The summed E-state index contributed by atoms with van der Waals surface area (Å²) in [4.78, 5) is 0. The van der Waals surface area contributed by atoms with Gasteiger partial charge in [-0.05, 0) is 35.1 Å². The van der Waals surface area contributed by atoms with Gasteiger partial charge in [-0.3, -0.25) is 0 Å². The molecule has 0 fully saturated rings. The lowest BCUT2D eigenvalue weighted by Crippen LogP contribution is -2.15. The van der Waals surface area contributed by atoms with E-state index in [9.17, 15) is 10.2 Å². The van der Waals surface area contributed by atoms with Crippen LogP contribution in [-0.2, 0) is 0 Å². The molecule has 14 heavy (non-hydrogen) atoms. The van der Waals surface area contributed by atoms with Crippen LogP contribution in [0, 0.1) is 0 Å². The van der Waals surface area contributed by atoms with E-state index in [1.807, 2.05) is 24.3 Å². The van der Waals surface area contributed by atoms with Crippen molar-refractivity contribution in [3.63, 3.8) is 0 Å². The molecule has 0 aromatic heterocycles. The molecule has 0 saturated heterocycles. The maximum absolute atomic E-state index is 9.52. The maximum Gasteiger partial charge on any atom is 0.123 e. The molecule has 0 heterocycles. The average molecular weight is 184 g/mol. The van der Waals surface area contributed by atoms with E-state index in [1.165, 1.54) is 0 Å². The molecule has 2 N–H and O–H groups in total. The van der Waals surface area contributed by atoms with Crippen molar-refractivity contribution in [2.75, 3.05) is 0 Å². The van der Waals surface area contributed by atoms with Gasteiger partial charge in [-0.2, -0.15) is 0 Å². The van der Waals surface area contributed by atoms with E-state index in [0.717, 1.165) is 21.6 Å². The summed E-state index contributed by atoms with van der Waals surface area (Å²) in [7, 11) is 0. The summed E-state index contributed by atoms with van der Waals surface area (Å²) in [5.41, 5.74) is 1.79. The number of rotatable bonds is 0. The van der Waals surface area contributed by atoms with Gasteiger partial charge in [-0.15, -0.1) is 0 Å². The molecule has 2 aliphatic rings. The van der Waals surface area contributed by atoms with E-state index in [4.69, 9.17) is 0 Å². The first-order valence-corrected chi connectivity index (χ1v) is 4.42. The van der Waals surface area contributed by atoms with E-state index in [0.29, 0.717) is 0 Å². The van der Waals surface area contributed by atoms with Gasteiger partial charge >= 0.3 is 0 Å². The highest BCUT2D eigenvalue weighted by Gasteiger charge is 2.11. The van der Waals surface area contributed by atoms with Crippen molar-refractivity contribution >= 4 is 23.7 Å². The Hall–Kier alpha value is -1.96. The molecule has 2 heteroatoms. The molecular weight excluding hydrogens is 176 g/mol. The zero-order valence-electron chi connectivity index (χ0n) is 7.36. The Bertz CT molecular complexity index is 604. The van der Waals surface area contributed by atoms with Gasteiger partial charge in [-0.1, -0.05) is 12.2 Å². The lowest BCUT2D eigenvalue weighted by atomic mass is 10.1. The summed E-state index contributed by atoms with van der Waals surface area (Å²) in [5.74, 6) is 0.532. The molecule has 0 aliphatic heterocycles. The first-order chi connectivity index (χ1) is 6.75. The first kappa shape index (κ1) is 7.44. The fourth-order valence-corrected chi connectivity index (χ4v) is 1.87. The van der Waals surface area contributed by atoms with Crippen LogP contribution in [0.1, 0.15) is 11.1 Å². The second-order valence-electron chi connectivity index (χ2n) is 3.46. The molecular formula is C12H8O2. The highest BCUT2D eigenvalue weighted by molar-refractivity contribution is 5.78. The fourth-order valence-electron chi connectivity index (χ4n) is 1.87. The number of aliphatic hydroxyl groups is 2. The van der Waals surface area contributed by atoms with Crippen molar-refractivity contribution < 1.29 is 10.2 Å². The molecule has 2 aliphatic carbocycles. The zero-order chi connectivity index (χ0) is 9.71. The van der Waals surface area contributed by atoms with Crippen molar-refractivity contribution in [1.29, 1.82) is 0 Å². The predicted octanol–water partition coefficient (Wildman–Crippen LogP) is 1.07. The second kappa shape index (κ2) is 2.29. The summed E-state index contributed by atoms with van der Waals surface area (Å²) in [6, 6.07) is 3.78. The fraction of sp³-hybridized carbons (Fsp3) is 0. The molecule has 0 unspecified atom stereocenters. The molecule has 68 valence electrons. The molecule has 2 nitrogen and oxygen atoms in total. The Labute approximate surface area is 80.4 Å². The average Bonchev–Trinajstić information content (AvgIpc) is 2.71. The molecule has 1 aromatic carbocycles. The van der Waals surface area contributed by atoms with E-state index in [1.54, 1.807) is 12.2 Å². The van der Waals surface area contributed by atoms with Gasteiger partial charge in [0.2, 0.25) is 0 Å². The minimum Gasteiger partial charge on any atom is -0.507 e. The van der Waals surface area contributed by atoms with Crippen LogP contribution in [0.2, 0.25) is 0 Å². The summed E-state index contributed by atoms with van der Waals surface area (Å²) in [6.45, 7) is 0. The van der Waals surface area contributed by atoms with Gasteiger partial charge in [0.25, 0.3) is 0 Å². The topological polar surface area (TPSA) is 40.5 Å². The zero-order valence-corrected chi connectivity index (χ0v) is 7.36. The predicted molar refractivity (Wildman–Crippen MR) is 55.8 cm³/mol.